The van der Waals surface area contributed by atoms with Gasteiger partial charge in [-0.25, -0.2) is 0 Å². The standard InChI is InChI=1S/C21H28NO4P/c1-3-25-27(23,26-4-2)17-24-20-15-22(16-20)21(18-11-7-5-8-12-18)19-13-9-6-10-14-19/h5-14,20-21H,3-4,15-17H2,1-2H3. The van der Waals surface area contributed by atoms with Crippen molar-refractivity contribution < 1.29 is 18.3 Å². The van der Waals surface area contributed by atoms with E-state index < -0.39 is 7.60 Å². The van der Waals surface area contributed by atoms with Crippen LogP contribution in [0.5, 0.6) is 0 Å². The van der Waals surface area contributed by atoms with Gasteiger partial charge in [-0.3, -0.25) is 9.46 Å². The first-order valence-corrected chi connectivity index (χ1v) is 11.2. The average Bonchev–Trinajstić information content (AvgIpc) is 2.65. The molecule has 27 heavy (non-hydrogen) atoms. The Kier molecular flexibility index (Phi) is 7.22. The second kappa shape index (κ2) is 9.63. The van der Waals surface area contributed by atoms with E-state index in [1.807, 2.05) is 12.1 Å². The summed E-state index contributed by atoms with van der Waals surface area (Å²) in [7, 11) is -3.15. The number of hydrogen-bond acceptors (Lipinski definition) is 5. The quantitative estimate of drug-likeness (QED) is 0.551. The van der Waals surface area contributed by atoms with Crippen LogP contribution in [-0.2, 0) is 18.3 Å². The number of hydrogen-bond donors (Lipinski definition) is 0. The van der Waals surface area contributed by atoms with Gasteiger partial charge in [0.15, 0.2) is 0 Å². The highest BCUT2D eigenvalue weighted by molar-refractivity contribution is 7.53. The first-order valence-electron chi connectivity index (χ1n) is 9.49. The Morgan fingerprint density at radius 2 is 1.41 bits per heavy atom. The maximum atomic E-state index is 12.5. The van der Waals surface area contributed by atoms with E-state index in [2.05, 4.69) is 53.4 Å². The minimum atomic E-state index is -3.15. The van der Waals surface area contributed by atoms with Crippen molar-refractivity contribution in [1.82, 2.24) is 4.90 Å². The van der Waals surface area contributed by atoms with Crippen molar-refractivity contribution in [2.45, 2.75) is 26.0 Å². The maximum absolute atomic E-state index is 12.5. The lowest BCUT2D eigenvalue weighted by molar-refractivity contribution is -0.0563. The minimum absolute atomic E-state index is 0.00846. The van der Waals surface area contributed by atoms with Crippen molar-refractivity contribution in [3.63, 3.8) is 0 Å². The van der Waals surface area contributed by atoms with Gasteiger partial charge in [0, 0.05) is 13.1 Å². The van der Waals surface area contributed by atoms with Gasteiger partial charge < -0.3 is 13.8 Å². The highest BCUT2D eigenvalue weighted by Crippen LogP contribution is 2.48. The van der Waals surface area contributed by atoms with Crippen molar-refractivity contribution in [1.29, 1.82) is 0 Å². The summed E-state index contributed by atoms with van der Waals surface area (Å²) in [6.07, 6.45) is 0.0447. The smallest absolute Gasteiger partial charge is 0.356 e. The predicted octanol–water partition coefficient (Wildman–Crippen LogP) is 4.70. The molecule has 2 aromatic carbocycles. The molecule has 6 heteroatoms. The lowest BCUT2D eigenvalue weighted by Crippen LogP contribution is -2.53. The molecule has 2 aromatic rings. The van der Waals surface area contributed by atoms with E-state index in [0.29, 0.717) is 13.2 Å². The fourth-order valence-electron chi connectivity index (χ4n) is 3.37. The number of ether oxygens (including phenoxy) is 1. The van der Waals surface area contributed by atoms with Crippen LogP contribution in [0.25, 0.3) is 0 Å². The van der Waals surface area contributed by atoms with Crippen molar-refractivity contribution in [2.75, 3.05) is 32.7 Å². The third-order valence-corrected chi connectivity index (χ3v) is 6.36. The largest absolute Gasteiger partial charge is 0.363 e. The van der Waals surface area contributed by atoms with E-state index in [0.717, 1.165) is 13.1 Å². The van der Waals surface area contributed by atoms with Crippen LogP contribution in [0, 0.1) is 0 Å². The van der Waals surface area contributed by atoms with Gasteiger partial charge in [0.25, 0.3) is 0 Å². The predicted molar refractivity (Wildman–Crippen MR) is 107 cm³/mol. The third-order valence-electron chi connectivity index (χ3n) is 4.59. The Balaban J connectivity index is 1.62. The molecule has 0 aliphatic carbocycles. The number of nitrogens with zero attached hydrogens (tertiary/aromatic N) is 1. The fourth-order valence-corrected chi connectivity index (χ4v) is 4.78. The number of likely N-dealkylation sites (tertiary alicyclic amines) is 1. The molecular weight excluding hydrogens is 361 g/mol. The molecule has 0 aromatic heterocycles. The Morgan fingerprint density at radius 3 is 1.85 bits per heavy atom. The van der Waals surface area contributed by atoms with Crippen molar-refractivity contribution in [3.05, 3.63) is 71.8 Å². The van der Waals surface area contributed by atoms with Crippen LogP contribution in [0.3, 0.4) is 0 Å². The molecular formula is C21H28NO4P. The van der Waals surface area contributed by atoms with Crippen LogP contribution in [-0.4, -0.2) is 43.7 Å². The SMILES string of the molecule is CCOP(=O)(COC1CN(C(c2ccccc2)c2ccccc2)C1)OCC. The normalized spacial score (nSPS) is 15.8. The molecule has 146 valence electrons. The van der Waals surface area contributed by atoms with E-state index in [4.69, 9.17) is 13.8 Å². The second-order valence-corrected chi connectivity index (χ2v) is 8.54. The Morgan fingerprint density at radius 1 is 0.926 bits per heavy atom. The molecule has 0 saturated carbocycles. The van der Waals surface area contributed by atoms with E-state index >= 15 is 0 Å². The van der Waals surface area contributed by atoms with Crippen LogP contribution >= 0.6 is 7.60 Å². The van der Waals surface area contributed by atoms with Crippen LogP contribution in [0.1, 0.15) is 31.0 Å². The second-order valence-electron chi connectivity index (χ2n) is 6.54. The summed E-state index contributed by atoms with van der Waals surface area (Å²) >= 11 is 0. The molecule has 0 radical (unpaired) electrons. The van der Waals surface area contributed by atoms with E-state index in [9.17, 15) is 4.57 Å². The summed E-state index contributed by atoms with van der Waals surface area (Å²) in [4.78, 5) is 2.38. The highest BCUT2D eigenvalue weighted by atomic mass is 31.2. The summed E-state index contributed by atoms with van der Waals surface area (Å²) in [5.74, 6) is 0. The minimum Gasteiger partial charge on any atom is -0.363 e. The molecule has 0 unspecified atom stereocenters. The van der Waals surface area contributed by atoms with Crippen molar-refractivity contribution in [3.8, 4) is 0 Å². The lowest BCUT2D eigenvalue weighted by Gasteiger charge is -2.44. The first kappa shape index (κ1) is 20.2. The zero-order valence-corrected chi connectivity index (χ0v) is 16.9. The Hall–Kier alpha value is -1.49. The Bertz CT molecular complexity index is 685. The molecule has 1 aliphatic heterocycles. The van der Waals surface area contributed by atoms with Crippen LogP contribution in [0.4, 0.5) is 0 Å². The van der Waals surface area contributed by atoms with Gasteiger partial charge in [-0.2, -0.15) is 0 Å². The molecule has 0 amide bonds. The summed E-state index contributed by atoms with van der Waals surface area (Å²) in [6, 6.07) is 21.2. The molecule has 1 fully saturated rings. The number of benzene rings is 2. The van der Waals surface area contributed by atoms with Gasteiger partial charge in [0.1, 0.15) is 6.35 Å². The summed E-state index contributed by atoms with van der Waals surface area (Å²) in [5, 5.41) is 0. The van der Waals surface area contributed by atoms with Gasteiger partial charge in [-0.1, -0.05) is 60.7 Å². The highest BCUT2D eigenvalue weighted by Gasteiger charge is 2.36. The lowest BCUT2D eigenvalue weighted by atomic mass is 9.94. The Labute approximate surface area is 161 Å². The van der Waals surface area contributed by atoms with Crippen molar-refractivity contribution in [2.24, 2.45) is 0 Å². The van der Waals surface area contributed by atoms with Crippen LogP contribution in [0.15, 0.2) is 60.7 Å². The summed E-state index contributed by atoms with van der Waals surface area (Å²) in [6.45, 7) is 5.88. The van der Waals surface area contributed by atoms with E-state index in [1.165, 1.54) is 11.1 Å². The fraction of sp³-hybridized carbons (Fsp3) is 0.429. The first-order chi connectivity index (χ1) is 13.1. The van der Waals surface area contributed by atoms with Crippen LogP contribution in [0.2, 0.25) is 0 Å². The molecule has 3 rings (SSSR count). The topological polar surface area (TPSA) is 48.0 Å². The maximum Gasteiger partial charge on any atom is 0.356 e. The van der Waals surface area contributed by atoms with Crippen LogP contribution < -0.4 is 0 Å². The summed E-state index contributed by atoms with van der Waals surface area (Å²) < 4.78 is 29.0. The van der Waals surface area contributed by atoms with Gasteiger partial charge in [-0.05, 0) is 25.0 Å². The van der Waals surface area contributed by atoms with Gasteiger partial charge in [0.05, 0.1) is 25.4 Å². The van der Waals surface area contributed by atoms with Gasteiger partial charge in [0.2, 0.25) is 0 Å². The van der Waals surface area contributed by atoms with Gasteiger partial charge >= 0.3 is 7.60 Å². The average molecular weight is 389 g/mol. The molecule has 1 saturated heterocycles. The molecule has 1 heterocycles. The molecule has 0 bridgehead atoms. The zero-order chi connectivity index (χ0) is 19.1. The molecule has 0 N–H and O–H groups in total. The molecule has 1 aliphatic rings. The summed E-state index contributed by atoms with van der Waals surface area (Å²) in [5.41, 5.74) is 2.52. The van der Waals surface area contributed by atoms with E-state index in [1.54, 1.807) is 13.8 Å². The molecule has 0 atom stereocenters. The van der Waals surface area contributed by atoms with Gasteiger partial charge in [-0.15, -0.1) is 0 Å². The van der Waals surface area contributed by atoms with E-state index in [-0.39, 0.29) is 18.5 Å². The monoisotopic (exact) mass is 389 g/mol. The molecule has 0 spiro atoms. The molecule has 5 nitrogen and oxygen atoms in total. The van der Waals surface area contributed by atoms with Crippen molar-refractivity contribution >= 4 is 7.60 Å². The zero-order valence-electron chi connectivity index (χ0n) is 16.0. The third kappa shape index (κ3) is 5.28. The number of rotatable bonds is 10.